The molecular weight excluding hydrogens is 224 g/mol. The van der Waals surface area contributed by atoms with E-state index >= 15 is 0 Å². The van der Waals surface area contributed by atoms with Crippen molar-refractivity contribution >= 4 is 11.6 Å². The molecule has 18 heavy (non-hydrogen) atoms. The van der Waals surface area contributed by atoms with Gasteiger partial charge in [-0.15, -0.1) is 0 Å². The summed E-state index contributed by atoms with van der Waals surface area (Å²) >= 11 is 0. The van der Waals surface area contributed by atoms with E-state index in [1.54, 1.807) is 0 Å². The zero-order valence-corrected chi connectivity index (χ0v) is 11.5. The summed E-state index contributed by atoms with van der Waals surface area (Å²) in [4.78, 5) is 11.3. The Hall–Kier alpha value is -1.32. The maximum Gasteiger partial charge on any atom is 0.134 e. The van der Waals surface area contributed by atoms with Crippen molar-refractivity contribution in [1.82, 2.24) is 9.97 Å². The highest BCUT2D eigenvalue weighted by atomic mass is 15.2. The van der Waals surface area contributed by atoms with Crippen molar-refractivity contribution < 1.29 is 0 Å². The lowest BCUT2D eigenvalue weighted by Gasteiger charge is -2.23. The monoisotopic (exact) mass is 248 g/mol. The molecule has 100 valence electrons. The molecule has 0 aliphatic heterocycles. The van der Waals surface area contributed by atoms with Gasteiger partial charge in [-0.1, -0.05) is 13.8 Å². The Morgan fingerprint density at radius 1 is 1.28 bits per heavy atom. The summed E-state index contributed by atoms with van der Waals surface area (Å²) in [5, 5.41) is 0. The molecular formula is C14H24N4. The van der Waals surface area contributed by atoms with Crippen LogP contribution in [0.25, 0.3) is 0 Å². The van der Waals surface area contributed by atoms with Crippen molar-refractivity contribution in [2.45, 2.75) is 46.0 Å². The first-order valence-corrected chi connectivity index (χ1v) is 7.11. The number of rotatable bonds is 7. The molecule has 0 bridgehead atoms. The van der Waals surface area contributed by atoms with Crippen LogP contribution in [0.1, 0.15) is 45.4 Å². The second-order valence-corrected chi connectivity index (χ2v) is 5.21. The van der Waals surface area contributed by atoms with Crippen LogP contribution in [-0.2, 0) is 6.42 Å². The molecule has 4 nitrogen and oxygen atoms in total. The Bertz CT molecular complexity index is 387. The average molecular weight is 248 g/mol. The van der Waals surface area contributed by atoms with Gasteiger partial charge in [0.25, 0.3) is 0 Å². The summed E-state index contributed by atoms with van der Waals surface area (Å²) in [6.45, 7) is 6.52. The number of nitrogens with two attached hydrogens (primary N) is 1. The van der Waals surface area contributed by atoms with Gasteiger partial charge in [0.05, 0.1) is 0 Å². The van der Waals surface area contributed by atoms with Gasteiger partial charge < -0.3 is 10.6 Å². The van der Waals surface area contributed by atoms with Gasteiger partial charge in [0.1, 0.15) is 17.5 Å². The molecule has 1 aliphatic carbocycles. The van der Waals surface area contributed by atoms with Gasteiger partial charge in [-0.3, -0.25) is 0 Å². The minimum absolute atomic E-state index is 0.598. The van der Waals surface area contributed by atoms with E-state index in [0.29, 0.717) is 5.82 Å². The highest BCUT2D eigenvalue weighted by Crippen LogP contribution is 2.31. The maximum atomic E-state index is 5.89. The quantitative estimate of drug-likeness (QED) is 0.806. The largest absolute Gasteiger partial charge is 0.384 e. The summed E-state index contributed by atoms with van der Waals surface area (Å²) in [6.07, 6.45) is 5.83. The normalized spacial score (nSPS) is 14.8. The molecule has 0 amide bonds. The van der Waals surface area contributed by atoms with Crippen molar-refractivity contribution in [2.75, 3.05) is 23.7 Å². The Labute approximate surface area is 110 Å². The van der Waals surface area contributed by atoms with E-state index in [9.17, 15) is 0 Å². The topological polar surface area (TPSA) is 55.0 Å². The highest BCUT2D eigenvalue weighted by Gasteiger charge is 2.25. The molecule has 0 aromatic carbocycles. The van der Waals surface area contributed by atoms with Gasteiger partial charge in [0.2, 0.25) is 0 Å². The Morgan fingerprint density at radius 3 is 2.67 bits per heavy atom. The summed E-state index contributed by atoms with van der Waals surface area (Å²) in [6, 6.07) is 1.91. The SMILES string of the molecule is CCCc1nc(N)cc(N(CCC)CC2CC2)n1. The lowest BCUT2D eigenvalue weighted by Crippen LogP contribution is -2.28. The van der Waals surface area contributed by atoms with Gasteiger partial charge in [0.15, 0.2) is 0 Å². The average Bonchev–Trinajstić information content (AvgIpc) is 3.12. The number of hydrogen-bond acceptors (Lipinski definition) is 4. The van der Waals surface area contributed by atoms with E-state index in [4.69, 9.17) is 5.73 Å². The molecule has 0 spiro atoms. The first-order valence-electron chi connectivity index (χ1n) is 7.11. The summed E-state index contributed by atoms with van der Waals surface area (Å²) in [7, 11) is 0. The Morgan fingerprint density at radius 2 is 2.06 bits per heavy atom. The Balaban J connectivity index is 2.15. The zero-order valence-electron chi connectivity index (χ0n) is 11.5. The predicted octanol–water partition coefficient (Wildman–Crippen LogP) is 2.64. The molecule has 0 saturated heterocycles. The van der Waals surface area contributed by atoms with Crippen LogP contribution in [-0.4, -0.2) is 23.1 Å². The van der Waals surface area contributed by atoms with Gasteiger partial charge in [0, 0.05) is 25.6 Å². The van der Waals surface area contributed by atoms with Crippen molar-refractivity contribution in [3.63, 3.8) is 0 Å². The van der Waals surface area contributed by atoms with Crippen molar-refractivity contribution in [1.29, 1.82) is 0 Å². The van der Waals surface area contributed by atoms with E-state index in [1.165, 1.54) is 12.8 Å². The molecule has 2 N–H and O–H groups in total. The third-order valence-corrected chi connectivity index (χ3v) is 3.25. The van der Waals surface area contributed by atoms with Crippen LogP contribution >= 0.6 is 0 Å². The summed E-state index contributed by atoms with van der Waals surface area (Å²) in [5.74, 6) is 3.35. The standard InChI is InChI=1S/C14H24N4/c1-3-5-13-16-12(15)9-14(17-13)18(8-4-2)10-11-6-7-11/h9,11H,3-8,10H2,1-2H3,(H2,15,16,17). The summed E-state index contributed by atoms with van der Waals surface area (Å²) < 4.78 is 0. The fourth-order valence-corrected chi connectivity index (χ4v) is 2.18. The Kier molecular flexibility index (Phi) is 4.39. The van der Waals surface area contributed by atoms with E-state index in [1.807, 2.05) is 6.07 Å². The maximum absolute atomic E-state index is 5.89. The number of nitrogen functional groups attached to an aromatic ring is 1. The minimum atomic E-state index is 0.598. The lowest BCUT2D eigenvalue weighted by molar-refractivity contribution is 0.693. The van der Waals surface area contributed by atoms with E-state index < -0.39 is 0 Å². The highest BCUT2D eigenvalue weighted by molar-refractivity contribution is 5.47. The zero-order chi connectivity index (χ0) is 13.0. The third kappa shape index (κ3) is 3.59. The molecule has 1 aromatic heterocycles. The third-order valence-electron chi connectivity index (χ3n) is 3.25. The number of anilines is 2. The molecule has 1 fully saturated rings. The fourth-order valence-electron chi connectivity index (χ4n) is 2.18. The van der Waals surface area contributed by atoms with Crippen LogP contribution in [0.4, 0.5) is 11.6 Å². The van der Waals surface area contributed by atoms with Crippen LogP contribution in [0.15, 0.2) is 6.07 Å². The van der Waals surface area contributed by atoms with Crippen LogP contribution in [0.2, 0.25) is 0 Å². The van der Waals surface area contributed by atoms with Crippen LogP contribution in [0, 0.1) is 5.92 Å². The number of aromatic nitrogens is 2. The lowest BCUT2D eigenvalue weighted by atomic mass is 10.3. The predicted molar refractivity (Wildman–Crippen MR) is 75.7 cm³/mol. The van der Waals surface area contributed by atoms with Crippen molar-refractivity contribution in [2.24, 2.45) is 5.92 Å². The molecule has 1 aromatic rings. The van der Waals surface area contributed by atoms with Crippen molar-refractivity contribution in [3.05, 3.63) is 11.9 Å². The number of hydrogen-bond donors (Lipinski definition) is 1. The first-order chi connectivity index (χ1) is 8.72. The smallest absolute Gasteiger partial charge is 0.134 e. The number of aryl methyl sites for hydroxylation is 1. The second kappa shape index (κ2) is 6.03. The van der Waals surface area contributed by atoms with Crippen LogP contribution < -0.4 is 10.6 Å². The molecule has 0 radical (unpaired) electrons. The molecule has 4 heteroatoms. The number of nitrogens with zero attached hydrogens (tertiary/aromatic N) is 3. The first kappa shape index (κ1) is 13.1. The van der Waals surface area contributed by atoms with Gasteiger partial charge in [-0.05, 0) is 31.6 Å². The molecule has 0 unspecified atom stereocenters. The van der Waals surface area contributed by atoms with Gasteiger partial charge in [-0.2, -0.15) is 0 Å². The minimum Gasteiger partial charge on any atom is -0.384 e. The molecule has 2 rings (SSSR count). The summed E-state index contributed by atoms with van der Waals surface area (Å²) in [5.41, 5.74) is 5.89. The van der Waals surface area contributed by atoms with E-state index in [2.05, 4.69) is 28.7 Å². The molecule has 1 saturated carbocycles. The molecule has 0 atom stereocenters. The van der Waals surface area contributed by atoms with Crippen molar-refractivity contribution in [3.8, 4) is 0 Å². The van der Waals surface area contributed by atoms with E-state index in [-0.39, 0.29) is 0 Å². The fraction of sp³-hybridized carbons (Fsp3) is 0.714. The molecule has 1 heterocycles. The second-order valence-electron chi connectivity index (χ2n) is 5.21. The van der Waals surface area contributed by atoms with Crippen LogP contribution in [0.3, 0.4) is 0 Å². The van der Waals surface area contributed by atoms with Gasteiger partial charge in [-0.25, -0.2) is 9.97 Å². The van der Waals surface area contributed by atoms with Gasteiger partial charge >= 0.3 is 0 Å². The molecule has 1 aliphatic rings. The van der Waals surface area contributed by atoms with Crippen LogP contribution in [0.5, 0.6) is 0 Å². The van der Waals surface area contributed by atoms with E-state index in [0.717, 1.165) is 49.9 Å².